The summed E-state index contributed by atoms with van der Waals surface area (Å²) in [6.07, 6.45) is 6.31. The number of rotatable bonds is 7. The maximum Gasteiger partial charge on any atom is 0.0639 e. The first-order valence-electron chi connectivity index (χ1n) is 6.37. The first kappa shape index (κ1) is 13.4. The van der Waals surface area contributed by atoms with Gasteiger partial charge in [0.15, 0.2) is 0 Å². The molecule has 19 heavy (non-hydrogen) atoms. The number of nitrogens with zero attached hydrogens (tertiary/aromatic N) is 1. The number of hydrogen-bond acceptors (Lipinski definition) is 4. The van der Waals surface area contributed by atoms with Crippen LogP contribution < -0.4 is 11.1 Å². The molecule has 0 bridgehead atoms. The number of aromatic nitrogens is 1. The van der Waals surface area contributed by atoms with Gasteiger partial charge in [0.2, 0.25) is 0 Å². The smallest absolute Gasteiger partial charge is 0.0639 e. The van der Waals surface area contributed by atoms with Gasteiger partial charge in [-0.25, -0.2) is 0 Å². The Morgan fingerprint density at radius 2 is 2.16 bits per heavy atom. The van der Waals surface area contributed by atoms with Gasteiger partial charge >= 0.3 is 0 Å². The lowest BCUT2D eigenvalue weighted by molar-refractivity contribution is 0.149. The second-order valence-corrected chi connectivity index (χ2v) is 4.24. The van der Waals surface area contributed by atoms with E-state index in [1.54, 1.807) is 6.20 Å². The highest BCUT2D eigenvalue weighted by Gasteiger charge is 2.03. The number of hydrogen-bond donors (Lipinski definition) is 2. The fraction of sp³-hybridized carbons (Fsp3) is 0.267. The standard InChI is InChI=1S/C15H19N3O/c1-2-3-9-19-10-8-18-15-5-4-14(16)12-6-7-17-11-13(12)15/h2,4-7,11,18H,1,3,8-10,16H2. The van der Waals surface area contributed by atoms with Crippen LogP contribution in [-0.4, -0.2) is 24.7 Å². The van der Waals surface area contributed by atoms with Crippen LogP contribution in [0.5, 0.6) is 0 Å². The molecule has 0 aliphatic rings. The van der Waals surface area contributed by atoms with E-state index in [1.807, 2.05) is 30.5 Å². The summed E-state index contributed by atoms with van der Waals surface area (Å²) in [5, 5.41) is 5.40. The molecule has 2 aromatic rings. The summed E-state index contributed by atoms with van der Waals surface area (Å²) < 4.78 is 5.46. The van der Waals surface area contributed by atoms with Gasteiger partial charge in [-0.2, -0.15) is 0 Å². The Balaban J connectivity index is 1.97. The highest BCUT2D eigenvalue weighted by atomic mass is 16.5. The first-order chi connectivity index (χ1) is 9.33. The molecule has 0 aliphatic heterocycles. The zero-order valence-electron chi connectivity index (χ0n) is 10.9. The van der Waals surface area contributed by atoms with E-state index in [4.69, 9.17) is 10.5 Å². The summed E-state index contributed by atoms with van der Waals surface area (Å²) in [5.74, 6) is 0. The Hall–Kier alpha value is -2.07. The van der Waals surface area contributed by atoms with Gasteiger partial charge in [-0.3, -0.25) is 4.98 Å². The Kier molecular flexibility index (Phi) is 4.75. The molecule has 100 valence electrons. The van der Waals surface area contributed by atoms with E-state index in [1.165, 1.54) is 0 Å². The average molecular weight is 257 g/mol. The predicted octanol–water partition coefficient (Wildman–Crippen LogP) is 2.82. The Morgan fingerprint density at radius 1 is 1.26 bits per heavy atom. The number of fused-ring (bicyclic) bond motifs is 1. The van der Waals surface area contributed by atoms with Crippen molar-refractivity contribution in [3.8, 4) is 0 Å². The monoisotopic (exact) mass is 257 g/mol. The van der Waals surface area contributed by atoms with Crippen molar-refractivity contribution < 1.29 is 4.74 Å². The Bertz CT molecular complexity index is 554. The molecule has 0 unspecified atom stereocenters. The normalized spacial score (nSPS) is 10.5. The summed E-state index contributed by atoms with van der Waals surface area (Å²) in [6.45, 7) is 5.79. The predicted molar refractivity (Wildman–Crippen MR) is 80.3 cm³/mol. The summed E-state index contributed by atoms with van der Waals surface area (Å²) >= 11 is 0. The number of benzene rings is 1. The van der Waals surface area contributed by atoms with Crippen LogP contribution in [0.15, 0.2) is 43.2 Å². The number of nitrogens with two attached hydrogens (primary N) is 1. The van der Waals surface area contributed by atoms with Crippen molar-refractivity contribution in [2.75, 3.05) is 30.8 Å². The molecule has 0 fully saturated rings. The molecule has 1 aromatic heterocycles. The van der Waals surface area contributed by atoms with Gasteiger partial charge in [0, 0.05) is 41.1 Å². The fourth-order valence-electron chi connectivity index (χ4n) is 1.89. The summed E-state index contributed by atoms with van der Waals surface area (Å²) in [6, 6.07) is 5.81. The molecule has 2 rings (SSSR count). The molecule has 4 nitrogen and oxygen atoms in total. The SMILES string of the molecule is C=CCCOCCNc1ccc(N)c2ccncc12. The van der Waals surface area contributed by atoms with E-state index in [2.05, 4.69) is 16.9 Å². The molecule has 0 radical (unpaired) electrons. The fourth-order valence-corrected chi connectivity index (χ4v) is 1.89. The average Bonchev–Trinajstić information content (AvgIpc) is 2.45. The van der Waals surface area contributed by atoms with Crippen LogP contribution in [0, 0.1) is 0 Å². The van der Waals surface area contributed by atoms with Crippen LogP contribution in [0.3, 0.4) is 0 Å². The van der Waals surface area contributed by atoms with E-state index >= 15 is 0 Å². The highest BCUT2D eigenvalue weighted by molar-refractivity contribution is 6.00. The summed E-state index contributed by atoms with van der Waals surface area (Å²) in [4.78, 5) is 4.15. The lowest BCUT2D eigenvalue weighted by Crippen LogP contribution is -2.10. The van der Waals surface area contributed by atoms with Crippen molar-refractivity contribution in [1.82, 2.24) is 4.98 Å². The third kappa shape index (κ3) is 3.45. The molecule has 0 amide bonds. The van der Waals surface area contributed by atoms with Gasteiger partial charge in [0.1, 0.15) is 0 Å². The van der Waals surface area contributed by atoms with Gasteiger partial charge in [0.25, 0.3) is 0 Å². The molecule has 0 spiro atoms. The van der Waals surface area contributed by atoms with Crippen LogP contribution in [-0.2, 0) is 4.74 Å². The van der Waals surface area contributed by atoms with E-state index in [0.717, 1.165) is 41.7 Å². The molecule has 1 heterocycles. The lowest BCUT2D eigenvalue weighted by Gasteiger charge is -2.11. The highest BCUT2D eigenvalue weighted by Crippen LogP contribution is 2.27. The van der Waals surface area contributed by atoms with Crippen molar-refractivity contribution >= 4 is 22.1 Å². The number of anilines is 2. The van der Waals surface area contributed by atoms with Gasteiger partial charge in [0.05, 0.1) is 13.2 Å². The number of nitrogen functional groups attached to an aromatic ring is 1. The maximum absolute atomic E-state index is 5.95. The van der Waals surface area contributed by atoms with Crippen molar-refractivity contribution in [2.45, 2.75) is 6.42 Å². The second kappa shape index (κ2) is 6.75. The molecule has 0 saturated heterocycles. The van der Waals surface area contributed by atoms with E-state index in [-0.39, 0.29) is 0 Å². The molecule has 4 heteroatoms. The molecular weight excluding hydrogens is 238 g/mol. The van der Waals surface area contributed by atoms with E-state index < -0.39 is 0 Å². The van der Waals surface area contributed by atoms with Gasteiger partial charge in [-0.1, -0.05) is 6.08 Å². The van der Waals surface area contributed by atoms with Gasteiger partial charge in [-0.15, -0.1) is 6.58 Å². The van der Waals surface area contributed by atoms with Gasteiger partial charge in [-0.05, 0) is 24.6 Å². The minimum Gasteiger partial charge on any atom is -0.398 e. The quantitative estimate of drug-likeness (QED) is 0.455. The molecule has 0 saturated carbocycles. The molecule has 0 aliphatic carbocycles. The summed E-state index contributed by atoms with van der Waals surface area (Å²) in [7, 11) is 0. The van der Waals surface area contributed by atoms with Crippen LogP contribution in [0.1, 0.15) is 6.42 Å². The first-order valence-corrected chi connectivity index (χ1v) is 6.37. The van der Waals surface area contributed by atoms with Crippen LogP contribution in [0.4, 0.5) is 11.4 Å². The molecular formula is C15H19N3O. The van der Waals surface area contributed by atoms with Crippen molar-refractivity contribution in [1.29, 1.82) is 0 Å². The Labute approximate surface area is 113 Å². The second-order valence-electron chi connectivity index (χ2n) is 4.24. The topological polar surface area (TPSA) is 60.2 Å². The van der Waals surface area contributed by atoms with Crippen LogP contribution in [0.2, 0.25) is 0 Å². The maximum atomic E-state index is 5.95. The zero-order chi connectivity index (χ0) is 13.5. The van der Waals surface area contributed by atoms with E-state index in [0.29, 0.717) is 6.61 Å². The minimum absolute atomic E-state index is 0.667. The molecule has 1 aromatic carbocycles. The number of nitrogens with one attached hydrogen (secondary N) is 1. The minimum atomic E-state index is 0.667. The van der Waals surface area contributed by atoms with Crippen molar-refractivity contribution in [3.05, 3.63) is 43.2 Å². The van der Waals surface area contributed by atoms with E-state index in [9.17, 15) is 0 Å². The number of ether oxygens (including phenoxy) is 1. The zero-order valence-corrected chi connectivity index (χ0v) is 10.9. The molecule has 3 N–H and O–H groups in total. The summed E-state index contributed by atoms with van der Waals surface area (Å²) in [5.41, 5.74) is 7.75. The van der Waals surface area contributed by atoms with Crippen LogP contribution in [0.25, 0.3) is 10.8 Å². The lowest BCUT2D eigenvalue weighted by atomic mass is 10.1. The molecule has 0 atom stereocenters. The largest absolute Gasteiger partial charge is 0.398 e. The Morgan fingerprint density at radius 3 is 3.00 bits per heavy atom. The van der Waals surface area contributed by atoms with Gasteiger partial charge < -0.3 is 15.8 Å². The van der Waals surface area contributed by atoms with Crippen molar-refractivity contribution in [2.24, 2.45) is 0 Å². The van der Waals surface area contributed by atoms with Crippen LogP contribution >= 0.6 is 0 Å². The third-order valence-corrected chi connectivity index (χ3v) is 2.88. The number of pyridine rings is 1. The third-order valence-electron chi connectivity index (χ3n) is 2.88. The van der Waals surface area contributed by atoms with Crippen molar-refractivity contribution in [3.63, 3.8) is 0 Å².